The van der Waals surface area contributed by atoms with Gasteiger partial charge < -0.3 is 9.30 Å². The number of aromatic nitrogens is 3. The van der Waals surface area contributed by atoms with E-state index in [-0.39, 0.29) is 17.3 Å². The van der Waals surface area contributed by atoms with Gasteiger partial charge in [0.05, 0.1) is 0 Å². The summed E-state index contributed by atoms with van der Waals surface area (Å²) in [4.78, 5) is 11.5. The second-order valence-electron chi connectivity index (χ2n) is 4.20. The van der Waals surface area contributed by atoms with E-state index < -0.39 is 0 Å². The molecule has 0 saturated carbocycles. The highest BCUT2D eigenvalue weighted by atomic mass is 32.2. The number of cyclic esters (lactones) is 1. The van der Waals surface area contributed by atoms with Crippen LogP contribution in [0.2, 0.25) is 0 Å². The Hall–Kier alpha value is -1.04. The number of hydrogen-bond donors (Lipinski definition) is 0. The van der Waals surface area contributed by atoms with Crippen molar-refractivity contribution in [1.29, 1.82) is 0 Å². The summed E-state index contributed by atoms with van der Waals surface area (Å²) in [6.07, 6.45) is 2.45. The highest BCUT2D eigenvalue weighted by Crippen LogP contribution is 2.31. The maximum atomic E-state index is 11.5. The number of hydrogen-bond acceptors (Lipinski definition) is 5. The number of esters is 1. The van der Waals surface area contributed by atoms with E-state index in [1.165, 1.54) is 11.8 Å². The first-order valence-corrected chi connectivity index (χ1v) is 6.22. The Morgan fingerprint density at radius 1 is 1.62 bits per heavy atom. The summed E-state index contributed by atoms with van der Waals surface area (Å²) < 4.78 is 7.06. The summed E-state index contributed by atoms with van der Waals surface area (Å²) in [5, 5.41) is 8.54. The summed E-state index contributed by atoms with van der Waals surface area (Å²) in [5.41, 5.74) is 0. The van der Waals surface area contributed by atoms with E-state index in [0.717, 1.165) is 11.6 Å². The molecule has 88 valence electrons. The Morgan fingerprint density at radius 3 is 2.94 bits per heavy atom. The summed E-state index contributed by atoms with van der Waals surface area (Å²) in [6.45, 7) is 6.03. The van der Waals surface area contributed by atoms with Gasteiger partial charge in [-0.05, 0) is 20.8 Å². The SMILES string of the molecule is CC(C)n1cnnc1S[C@H]1C[C@@H](C)OC1=O. The fraction of sp³-hybridized carbons (Fsp3) is 0.700. The van der Waals surface area contributed by atoms with Gasteiger partial charge in [-0.15, -0.1) is 10.2 Å². The largest absolute Gasteiger partial charge is 0.462 e. The third-order valence-electron chi connectivity index (χ3n) is 2.47. The first kappa shape index (κ1) is 11.4. The minimum absolute atomic E-state index is 0.0143. The van der Waals surface area contributed by atoms with Crippen molar-refractivity contribution in [3.8, 4) is 0 Å². The molecule has 0 spiro atoms. The maximum Gasteiger partial charge on any atom is 0.319 e. The van der Waals surface area contributed by atoms with Crippen molar-refractivity contribution in [1.82, 2.24) is 14.8 Å². The van der Waals surface area contributed by atoms with Crippen LogP contribution in [0.25, 0.3) is 0 Å². The van der Waals surface area contributed by atoms with Crippen molar-refractivity contribution in [3.63, 3.8) is 0 Å². The van der Waals surface area contributed by atoms with Crippen LogP contribution in [-0.2, 0) is 9.53 Å². The molecule has 6 heteroatoms. The third kappa shape index (κ3) is 2.21. The molecule has 1 saturated heterocycles. The summed E-state index contributed by atoms with van der Waals surface area (Å²) in [7, 11) is 0. The van der Waals surface area contributed by atoms with Crippen molar-refractivity contribution < 1.29 is 9.53 Å². The molecule has 2 rings (SSSR count). The molecule has 16 heavy (non-hydrogen) atoms. The smallest absolute Gasteiger partial charge is 0.319 e. The molecule has 0 amide bonds. The molecular weight excluding hydrogens is 226 g/mol. The lowest BCUT2D eigenvalue weighted by Gasteiger charge is -2.10. The lowest BCUT2D eigenvalue weighted by Crippen LogP contribution is -2.11. The second-order valence-corrected chi connectivity index (χ2v) is 5.37. The Kier molecular flexibility index (Phi) is 3.18. The first-order chi connectivity index (χ1) is 7.58. The molecule has 2 atom stereocenters. The topological polar surface area (TPSA) is 57.0 Å². The quantitative estimate of drug-likeness (QED) is 0.753. The molecule has 1 aromatic rings. The summed E-state index contributed by atoms with van der Waals surface area (Å²) >= 11 is 1.44. The minimum Gasteiger partial charge on any atom is -0.462 e. The summed E-state index contributed by atoms with van der Waals surface area (Å²) in [6, 6.07) is 0.298. The summed E-state index contributed by atoms with van der Waals surface area (Å²) in [5.74, 6) is -0.143. The van der Waals surface area contributed by atoms with Crippen LogP contribution >= 0.6 is 11.8 Å². The van der Waals surface area contributed by atoms with Crippen molar-refractivity contribution in [2.75, 3.05) is 0 Å². The number of carbonyl (C=O) groups is 1. The molecule has 1 aliphatic heterocycles. The van der Waals surface area contributed by atoms with E-state index in [4.69, 9.17) is 4.74 Å². The fourth-order valence-corrected chi connectivity index (χ4v) is 2.86. The van der Waals surface area contributed by atoms with Crippen molar-refractivity contribution in [3.05, 3.63) is 6.33 Å². The zero-order chi connectivity index (χ0) is 11.7. The Labute approximate surface area is 98.6 Å². The van der Waals surface area contributed by atoms with Crippen LogP contribution < -0.4 is 0 Å². The number of nitrogens with zero attached hydrogens (tertiary/aromatic N) is 3. The lowest BCUT2D eigenvalue weighted by molar-refractivity contribution is -0.140. The van der Waals surface area contributed by atoms with E-state index in [1.54, 1.807) is 6.33 Å². The van der Waals surface area contributed by atoms with Crippen LogP contribution in [0.5, 0.6) is 0 Å². The second kappa shape index (κ2) is 4.45. The zero-order valence-corrected chi connectivity index (χ0v) is 10.4. The van der Waals surface area contributed by atoms with Gasteiger partial charge in [0, 0.05) is 12.5 Å². The van der Waals surface area contributed by atoms with Crippen LogP contribution in [0.3, 0.4) is 0 Å². The predicted molar refractivity (Wildman–Crippen MR) is 60.2 cm³/mol. The standard InChI is InChI=1S/C10H15N3O2S/c1-6(2)13-5-11-12-10(13)16-8-4-7(3)15-9(8)14/h5-8H,4H2,1-3H3/t7-,8+/m1/s1. The maximum absolute atomic E-state index is 11.5. The van der Waals surface area contributed by atoms with E-state index in [9.17, 15) is 4.79 Å². The van der Waals surface area contributed by atoms with Gasteiger partial charge in [-0.2, -0.15) is 0 Å². The zero-order valence-electron chi connectivity index (χ0n) is 9.58. The molecule has 0 bridgehead atoms. The molecule has 1 aliphatic rings. The van der Waals surface area contributed by atoms with Gasteiger partial charge in [0.15, 0.2) is 5.16 Å². The molecule has 0 radical (unpaired) electrons. The van der Waals surface area contributed by atoms with Gasteiger partial charge in [0.2, 0.25) is 0 Å². The minimum atomic E-state index is -0.143. The van der Waals surface area contributed by atoms with Gasteiger partial charge in [0.25, 0.3) is 0 Å². The molecule has 1 fully saturated rings. The average Bonchev–Trinajstić information content (AvgIpc) is 2.75. The fourth-order valence-electron chi connectivity index (χ4n) is 1.61. The Bertz CT molecular complexity index is 391. The highest BCUT2D eigenvalue weighted by molar-refractivity contribution is 8.00. The molecule has 0 aliphatic carbocycles. The monoisotopic (exact) mass is 241 g/mol. The van der Waals surface area contributed by atoms with Crippen LogP contribution in [0, 0.1) is 0 Å². The first-order valence-electron chi connectivity index (χ1n) is 5.34. The van der Waals surface area contributed by atoms with Gasteiger partial charge in [-0.1, -0.05) is 11.8 Å². The van der Waals surface area contributed by atoms with Crippen LogP contribution in [0.4, 0.5) is 0 Å². The van der Waals surface area contributed by atoms with E-state index in [1.807, 2.05) is 11.5 Å². The van der Waals surface area contributed by atoms with Crippen molar-refractivity contribution >= 4 is 17.7 Å². The van der Waals surface area contributed by atoms with Crippen molar-refractivity contribution in [2.24, 2.45) is 0 Å². The van der Waals surface area contributed by atoms with Crippen molar-refractivity contribution in [2.45, 2.75) is 49.7 Å². The van der Waals surface area contributed by atoms with Crippen LogP contribution in [0.1, 0.15) is 33.2 Å². The van der Waals surface area contributed by atoms with E-state index in [0.29, 0.717) is 6.04 Å². The third-order valence-corrected chi connectivity index (χ3v) is 3.64. The van der Waals surface area contributed by atoms with Crippen LogP contribution in [-0.4, -0.2) is 32.1 Å². The van der Waals surface area contributed by atoms with Gasteiger partial charge in [0.1, 0.15) is 17.7 Å². The van der Waals surface area contributed by atoms with Gasteiger partial charge in [-0.3, -0.25) is 4.79 Å². The highest BCUT2D eigenvalue weighted by Gasteiger charge is 2.33. The van der Waals surface area contributed by atoms with E-state index >= 15 is 0 Å². The Morgan fingerprint density at radius 2 is 2.38 bits per heavy atom. The molecule has 1 aromatic heterocycles. The van der Waals surface area contributed by atoms with Gasteiger partial charge >= 0.3 is 5.97 Å². The number of ether oxygens (including phenoxy) is 1. The average molecular weight is 241 g/mol. The number of carbonyl (C=O) groups excluding carboxylic acids is 1. The lowest BCUT2D eigenvalue weighted by atomic mass is 10.3. The molecule has 0 unspecified atom stereocenters. The molecule has 2 heterocycles. The number of rotatable bonds is 3. The molecular formula is C10H15N3O2S. The Balaban J connectivity index is 2.09. The predicted octanol–water partition coefficient (Wildman–Crippen LogP) is 1.66. The normalized spacial score (nSPS) is 25.1. The molecule has 0 N–H and O–H groups in total. The van der Waals surface area contributed by atoms with Crippen LogP contribution in [0.15, 0.2) is 11.5 Å². The van der Waals surface area contributed by atoms with Gasteiger partial charge in [-0.25, -0.2) is 0 Å². The number of thioether (sulfide) groups is 1. The van der Waals surface area contributed by atoms with E-state index in [2.05, 4.69) is 24.0 Å². The molecule has 0 aromatic carbocycles. The molecule has 5 nitrogen and oxygen atoms in total.